The van der Waals surface area contributed by atoms with Crippen molar-refractivity contribution in [3.8, 4) is 5.75 Å². The van der Waals surface area contributed by atoms with E-state index in [4.69, 9.17) is 10.5 Å². The second-order valence-electron chi connectivity index (χ2n) is 6.01. The van der Waals surface area contributed by atoms with E-state index in [0.29, 0.717) is 0 Å². The Balaban J connectivity index is 1.73. The Hall–Kier alpha value is -1.02. The molecule has 2 N–H and O–H groups in total. The van der Waals surface area contributed by atoms with Crippen molar-refractivity contribution in [3.63, 3.8) is 0 Å². The maximum Gasteiger partial charge on any atom is 0.124 e. The molecule has 2 heteroatoms. The van der Waals surface area contributed by atoms with Crippen molar-refractivity contribution < 1.29 is 4.74 Å². The van der Waals surface area contributed by atoms with Gasteiger partial charge in [0.15, 0.2) is 0 Å². The molecule has 0 radical (unpaired) electrons. The third kappa shape index (κ3) is 1.37. The monoisotopic (exact) mass is 229 g/mol. The molecule has 1 heterocycles. The van der Waals surface area contributed by atoms with Gasteiger partial charge in [-0.2, -0.15) is 0 Å². The smallest absolute Gasteiger partial charge is 0.124 e. The van der Waals surface area contributed by atoms with Gasteiger partial charge in [-0.1, -0.05) is 18.2 Å². The Bertz CT molecular complexity index is 458. The highest BCUT2D eigenvalue weighted by molar-refractivity contribution is 5.39. The zero-order valence-corrected chi connectivity index (χ0v) is 10.1. The number of nitrogens with two attached hydrogens (primary N) is 1. The second-order valence-corrected chi connectivity index (χ2v) is 6.01. The molecule has 3 aliphatic rings. The van der Waals surface area contributed by atoms with Gasteiger partial charge < -0.3 is 10.5 Å². The van der Waals surface area contributed by atoms with Gasteiger partial charge in [0.05, 0.1) is 0 Å². The predicted molar refractivity (Wildman–Crippen MR) is 66.8 cm³/mol. The molecule has 0 saturated heterocycles. The van der Waals surface area contributed by atoms with Crippen LogP contribution in [0.2, 0.25) is 0 Å². The highest BCUT2D eigenvalue weighted by Gasteiger charge is 2.58. The first kappa shape index (κ1) is 9.95. The molecular weight excluding hydrogens is 210 g/mol. The van der Waals surface area contributed by atoms with Crippen molar-refractivity contribution in [1.29, 1.82) is 0 Å². The van der Waals surface area contributed by atoms with E-state index in [1.807, 2.05) is 0 Å². The predicted octanol–water partition coefficient (Wildman–Crippen LogP) is 3.03. The van der Waals surface area contributed by atoms with Gasteiger partial charge in [0.1, 0.15) is 11.4 Å². The van der Waals surface area contributed by atoms with Gasteiger partial charge in [0.2, 0.25) is 0 Å². The molecule has 17 heavy (non-hydrogen) atoms. The quantitative estimate of drug-likeness (QED) is 0.742. The van der Waals surface area contributed by atoms with Crippen LogP contribution in [0.4, 0.5) is 0 Å². The van der Waals surface area contributed by atoms with Gasteiger partial charge in [-0.3, -0.25) is 0 Å². The number of hydrogen-bond donors (Lipinski definition) is 1. The summed E-state index contributed by atoms with van der Waals surface area (Å²) in [5.74, 6) is 2.76. The van der Waals surface area contributed by atoms with Crippen molar-refractivity contribution in [3.05, 3.63) is 29.8 Å². The number of hydrogen-bond acceptors (Lipinski definition) is 2. The standard InChI is InChI=1S/C15H19NO/c16-13-9-15(7-3-4-10-8-12(10)15)17-14-6-2-1-5-11(13)14/h1-2,5-6,10,12-13H,3-4,7-9,16H2/t10?,12?,13-,15?/m1/s1. The van der Waals surface area contributed by atoms with Crippen molar-refractivity contribution in [1.82, 2.24) is 0 Å². The number of rotatable bonds is 0. The molecule has 0 amide bonds. The molecule has 2 fully saturated rings. The van der Waals surface area contributed by atoms with E-state index in [2.05, 4.69) is 24.3 Å². The Kier molecular flexibility index (Phi) is 1.91. The molecule has 0 bridgehead atoms. The zero-order chi connectivity index (χ0) is 11.5. The largest absolute Gasteiger partial charge is 0.487 e. The van der Waals surface area contributed by atoms with Crippen LogP contribution in [0.25, 0.3) is 0 Å². The summed E-state index contributed by atoms with van der Waals surface area (Å²) in [7, 11) is 0. The summed E-state index contributed by atoms with van der Waals surface area (Å²) in [6.07, 6.45) is 6.32. The molecular formula is C15H19NO. The first-order chi connectivity index (χ1) is 8.28. The van der Waals surface area contributed by atoms with Crippen LogP contribution in [0.3, 0.4) is 0 Å². The van der Waals surface area contributed by atoms with Crippen LogP contribution in [-0.2, 0) is 0 Å². The molecule has 0 aromatic heterocycles. The van der Waals surface area contributed by atoms with Crippen LogP contribution in [0.1, 0.15) is 43.7 Å². The molecule has 1 spiro atoms. The summed E-state index contributed by atoms with van der Waals surface area (Å²) in [5.41, 5.74) is 7.63. The first-order valence-electron chi connectivity index (χ1n) is 6.82. The summed E-state index contributed by atoms with van der Waals surface area (Å²) in [4.78, 5) is 0. The minimum Gasteiger partial charge on any atom is -0.487 e. The van der Waals surface area contributed by atoms with Gasteiger partial charge in [-0.25, -0.2) is 0 Å². The van der Waals surface area contributed by atoms with Gasteiger partial charge >= 0.3 is 0 Å². The average Bonchev–Trinajstić information content (AvgIpc) is 3.10. The molecule has 2 saturated carbocycles. The van der Waals surface area contributed by atoms with E-state index in [9.17, 15) is 0 Å². The van der Waals surface area contributed by atoms with Crippen LogP contribution in [0.5, 0.6) is 5.75 Å². The molecule has 3 unspecified atom stereocenters. The minimum atomic E-state index is 0.0800. The Morgan fingerprint density at radius 2 is 2.18 bits per heavy atom. The van der Waals surface area contributed by atoms with E-state index < -0.39 is 0 Å². The van der Waals surface area contributed by atoms with E-state index >= 15 is 0 Å². The lowest BCUT2D eigenvalue weighted by atomic mass is 9.77. The average molecular weight is 229 g/mol. The second kappa shape index (κ2) is 3.26. The van der Waals surface area contributed by atoms with Gasteiger partial charge in [-0.15, -0.1) is 0 Å². The summed E-state index contributed by atoms with van der Waals surface area (Å²) >= 11 is 0. The highest BCUT2D eigenvalue weighted by Crippen LogP contribution is 2.60. The van der Waals surface area contributed by atoms with Crippen LogP contribution in [0.15, 0.2) is 24.3 Å². The van der Waals surface area contributed by atoms with Gasteiger partial charge in [0, 0.05) is 23.9 Å². The molecule has 2 nitrogen and oxygen atoms in total. The fraction of sp³-hybridized carbons (Fsp3) is 0.600. The van der Waals surface area contributed by atoms with Crippen LogP contribution < -0.4 is 10.5 Å². The molecule has 1 aromatic rings. The number of benzene rings is 1. The van der Waals surface area contributed by atoms with Crippen molar-refractivity contribution >= 4 is 0 Å². The summed E-state index contributed by atoms with van der Waals surface area (Å²) in [6.45, 7) is 0. The van der Waals surface area contributed by atoms with Crippen LogP contribution in [0, 0.1) is 11.8 Å². The Morgan fingerprint density at radius 3 is 3.12 bits per heavy atom. The fourth-order valence-electron chi connectivity index (χ4n) is 4.06. The molecule has 4 atom stereocenters. The highest BCUT2D eigenvalue weighted by atomic mass is 16.5. The van der Waals surface area contributed by atoms with E-state index in [-0.39, 0.29) is 11.6 Å². The zero-order valence-electron chi connectivity index (χ0n) is 10.1. The molecule has 90 valence electrons. The molecule has 1 aromatic carbocycles. The first-order valence-corrected chi connectivity index (χ1v) is 6.82. The Labute approximate surface area is 102 Å². The maximum atomic E-state index is 6.40. The van der Waals surface area contributed by atoms with Crippen molar-refractivity contribution in [2.24, 2.45) is 17.6 Å². The topological polar surface area (TPSA) is 35.2 Å². The lowest BCUT2D eigenvalue weighted by Gasteiger charge is -2.44. The molecule has 2 aliphatic carbocycles. The lowest BCUT2D eigenvalue weighted by molar-refractivity contribution is -0.0121. The van der Waals surface area contributed by atoms with Crippen LogP contribution in [-0.4, -0.2) is 5.60 Å². The number of para-hydroxylation sites is 1. The molecule has 1 aliphatic heterocycles. The lowest BCUT2D eigenvalue weighted by Crippen LogP contribution is -2.46. The minimum absolute atomic E-state index is 0.0800. The summed E-state index contributed by atoms with van der Waals surface area (Å²) in [6, 6.07) is 8.47. The van der Waals surface area contributed by atoms with E-state index in [1.165, 1.54) is 31.2 Å². The van der Waals surface area contributed by atoms with Crippen molar-refractivity contribution in [2.45, 2.75) is 43.7 Å². The summed E-state index contributed by atoms with van der Waals surface area (Å²) in [5, 5.41) is 0. The number of fused-ring (bicyclic) bond motifs is 3. The number of ether oxygens (including phenoxy) is 1. The third-order valence-corrected chi connectivity index (χ3v) is 4.97. The van der Waals surface area contributed by atoms with Crippen molar-refractivity contribution in [2.75, 3.05) is 0 Å². The van der Waals surface area contributed by atoms with Gasteiger partial charge in [0.25, 0.3) is 0 Å². The summed E-state index contributed by atoms with van der Waals surface area (Å²) < 4.78 is 6.40. The van der Waals surface area contributed by atoms with Gasteiger partial charge in [-0.05, 0) is 37.7 Å². The SMILES string of the molecule is N[C@@H]1CC2(CCCC3CC32)Oc2ccccc21. The fourth-order valence-corrected chi connectivity index (χ4v) is 4.06. The third-order valence-electron chi connectivity index (χ3n) is 4.97. The Morgan fingerprint density at radius 1 is 1.29 bits per heavy atom. The maximum absolute atomic E-state index is 6.40. The van der Waals surface area contributed by atoms with E-state index in [0.717, 1.165) is 24.0 Å². The van der Waals surface area contributed by atoms with E-state index in [1.54, 1.807) is 0 Å². The molecule has 4 rings (SSSR count). The normalized spacial score (nSPS) is 42.5. The van der Waals surface area contributed by atoms with Crippen LogP contribution >= 0.6 is 0 Å².